The number of carbonyl (C=O) groups is 1. The van der Waals surface area contributed by atoms with Crippen molar-refractivity contribution >= 4 is 15.0 Å². The lowest BCUT2D eigenvalue weighted by molar-refractivity contribution is -0.111. The third-order valence-corrected chi connectivity index (χ3v) is 2.93. The van der Waals surface area contributed by atoms with Gasteiger partial charge in [0, 0.05) is 12.7 Å². The van der Waals surface area contributed by atoms with E-state index in [1.807, 2.05) is 0 Å². The summed E-state index contributed by atoms with van der Waals surface area (Å²) in [6.45, 7) is 2.11. The minimum absolute atomic E-state index is 0.183. The average Bonchev–Trinajstić information content (AvgIpc) is 2.02. The first-order chi connectivity index (χ1) is 5.98. The molecule has 78 valence electrons. The van der Waals surface area contributed by atoms with Crippen LogP contribution in [0.15, 0.2) is 0 Å². The van der Waals surface area contributed by atoms with Gasteiger partial charge in [-0.25, -0.2) is 8.42 Å². The highest BCUT2D eigenvalue weighted by molar-refractivity contribution is 8.05. The molecular formula is C9H18O3S. The summed E-state index contributed by atoms with van der Waals surface area (Å²) in [5.74, 6) is 0. The Hall–Kier alpha value is -0.380. The fourth-order valence-electron chi connectivity index (χ4n) is 1.06. The van der Waals surface area contributed by atoms with Gasteiger partial charge in [0.2, 0.25) is 15.0 Å². The Labute approximate surface area is 80.4 Å². The predicted octanol–water partition coefficient (Wildman–Crippen LogP) is 1.92. The minimum Gasteiger partial charge on any atom is -0.282 e. The second-order valence-corrected chi connectivity index (χ2v) is 5.31. The van der Waals surface area contributed by atoms with E-state index in [1.54, 1.807) is 0 Å². The normalized spacial score (nSPS) is 11.5. The lowest BCUT2D eigenvalue weighted by atomic mass is 10.1. The molecule has 3 nitrogen and oxygen atoms in total. The number of unbranched alkanes of at least 4 members (excludes halogenated alkanes) is 4. The van der Waals surface area contributed by atoms with Gasteiger partial charge in [0.1, 0.15) is 0 Å². The number of sulfone groups is 1. The van der Waals surface area contributed by atoms with Gasteiger partial charge in [-0.15, -0.1) is 0 Å². The molecule has 0 saturated carbocycles. The van der Waals surface area contributed by atoms with Gasteiger partial charge in [-0.05, 0) is 6.42 Å². The maximum absolute atomic E-state index is 10.9. The third kappa shape index (κ3) is 6.75. The van der Waals surface area contributed by atoms with Gasteiger partial charge in [-0.2, -0.15) is 0 Å². The largest absolute Gasteiger partial charge is 0.282 e. The van der Waals surface area contributed by atoms with E-state index in [2.05, 4.69) is 6.92 Å². The molecule has 13 heavy (non-hydrogen) atoms. The van der Waals surface area contributed by atoms with E-state index in [0.717, 1.165) is 31.9 Å². The van der Waals surface area contributed by atoms with Gasteiger partial charge in [-0.3, -0.25) is 4.79 Å². The quantitative estimate of drug-likeness (QED) is 0.624. The summed E-state index contributed by atoms with van der Waals surface area (Å²) in [5.41, 5.74) is 0. The zero-order chi connectivity index (χ0) is 10.3. The Morgan fingerprint density at radius 3 is 2.08 bits per heavy atom. The molecule has 0 fully saturated rings. The highest BCUT2D eigenvalue weighted by Crippen LogP contribution is 2.06. The molecule has 0 atom stereocenters. The molecule has 0 radical (unpaired) electrons. The summed E-state index contributed by atoms with van der Waals surface area (Å²) >= 11 is 0. The van der Waals surface area contributed by atoms with E-state index < -0.39 is 15.0 Å². The minimum atomic E-state index is -3.43. The van der Waals surface area contributed by atoms with Gasteiger partial charge in [0.15, 0.2) is 0 Å². The highest BCUT2D eigenvalue weighted by Gasteiger charge is 2.13. The van der Waals surface area contributed by atoms with Crippen LogP contribution in [0, 0.1) is 0 Å². The second-order valence-electron chi connectivity index (χ2n) is 3.31. The van der Waals surface area contributed by atoms with Crippen LogP contribution in [0.25, 0.3) is 0 Å². The van der Waals surface area contributed by atoms with Crippen LogP contribution in [0.4, 0.5) is 0 Å². The van der Waals surface area contributed by atoms with E-state index in [-0.39, 0.29) is 6.42 Å². The van der Waals surface area contributed by atoms with Crippen LogP contribution < -0.4 is 0 Å². The van der Waals surface area contributed by atoms with Crippen molar-refractivity contribution in [1.29, 1.82) is 0 Å². The molecule has 0 spiro atoms. The highest BCUT2D eigenvalue weighted by atomic mass is 32.2. The summed E-state index contributed by atoms with van der Waals surface area (Å²) in [6, 6.07) is 0. The molecule has 0 aliphatic carbocycles. The monoisotopic (exact) mass is 206 g/mol. The molecule has 0 bridgehead atoms. The molecule has 0 saturated heterocycles. The molecule has 0 heterocycles. The molecular weight excluding hydrogens is 188 g/mol. The van der Waals surface area contributed by atoms with Crippen molar-refractivity contribution in [2.24, 2.45) is 0 Å². The maximum atomic E-state index is 10.9. The van der Waals surface area contributed by atoms with Crippen LogP contribution in [0.2, 0.25) is 0 Å². The van der Waals surface area contributed by atoms with Crippen molar-refractivity contribution < 1.29 is 13.2 Å². The molecule has 0 amide bonds. The molecule has 0 aliphatic rings. The predicted molar refractivity (Wildman–Crippen MR) is 53.2 cm³/mol. The van der Waals surface area contributed by atoms with Gasteiger partial charge in [-0.1, -0.05) is 32.6 Å². The van der Waals surface area contributed by atoms with E-state index in [9.17, 15) is 13.2 Å². The van der Waals surface area contributed by atoms with Gasteiger partial charge in [0.25, 0.3) is 0 Å². The standard InChI is InChI=1S/C9H18O3S/c1-3-4-5-6-7-8-9(10)13(2,11)12/h3-8H2,1-2H3. The lowest BCUT2D eigenvalue weighted by Crippen LogP contribution is -2.11. The molecule has 4 heteroatoms. The van der Waals surface area contributed by atoms with Gasteiger partial charge >= 0.3 is 0 Å². The molecule has 0 aromatic carbocycles. The van der Waals surface area contributed by atoms with Gasteiger partial charge < -0.3 is 0 Å². The Morgan fingerprint density at radius 2 is 1.62 bits per heavy atom. The second kappa shape index (κ2) is 6.13. The van der Waals surface area contributed by atoms with E-state index in [4.69, 9.17) is 0 Å². The topological polar surface area (TPSA) is 51.2 Å². The van der Waals surface area contributed by atoms with Crippen molar-refractivity contribution in [2.75, 3.05) is 6.26 Å². The van der Waals surface area contributed by atoms with Crippen molar-refractivity contribution in [1.82, 2.24) is 0 Å². The fourth-order valence-corrected chi connectivity index (χ4v) is 1.57. The summed E-state index contributed by atoms with van der Waals surface area (Å²) < 4.78 is 21.4. The van der Waals surface area contributed by atoms with E-state index in [1.165, 1.54) is 0 Å². The summed E-state index contributed by atoms with van der Waals surface area (Å²) in [6.07, 6.45) is 6.21. The van der Waals surface area contributed by atoms with Crippen LogP contribution in [0.5, 0.6) is 0 Å². The first-order valence-corrected chi connectivity index (χ1v) is 6.60. The van der Waals surface area contributed by atoms with E-state index in [0.29, 0.717) is 6.42 Å². The van der Waals surface area contributed by atoms with Crippen LogP contribution in [-0.4, -0.2) is 19.8 Å². The third-order valence-electron chi connectivity index (χ3n) is 1.90. The van der Waals surface area contributed by atoms with Gasteiger partial charge in [0.05, 0.1) is 0 Å². The van der Waals surface area contributed by atoms with Crippen molar-refractivity contribution in [3.8, 4) is 0 Å². The first kappa shape index (κ1) is 12.6. The summed E-state index contributed by atoms with van der Waals surface area (Å²) in [7, 11) is -3.43. The molecule has 0 unspecified atom stereocenters. The number of hydrogen-bond donors (Lipinski definition) is 0. The summed E-state index contributed by atoms with van der Waals surface area (Å²) in [4.78, 5) is 10.9. The Bertz CT molecular complexity index is 242. The molecule has 0 aromatic heterocycles. The molecule has 0 rings (SSSR count). The van der Waals surface area contributed by atoms with Crippen molar-refractivity contribution in [3.63, 3.8) is 0 Å². The number of rotatable bonds is 6. The molecule has 0 aromatic rings. The Morgan fingerprint density at radius 1 is 1.08 bits per heavy atom. The Balaban J connectivity index is 3.50. The maximum Gasteiger partial charge on any atom is 0.246 e. The zero-order valence-electron chi connectivity index (χ0n) is 8.38. The van der Waals surface area contributed by atoms with Crippen molar-refractivity contribution in [2.45, 2.75) is 45.4 Å². The fraction of sp³-hybridized carbons (Fsp3) is 0.889. The molecule has 0 aliphatic heterocycles. The summed E-state index contributed by atoms with van der Waals surface area (Å²) in [5, 5.41) is -0.621. The Kier molecular flexibility index (Phi) is 5.95. The SMILES string of the molecule is CCCCCCCC(=O)S(C)(=O)=O. The van der Waals surface area contributed by atoms with Crippen LogP contribution in [0.3, 0.4) is 0 Å². The van der Waals surface area contributed by atoms with Crippen LogP contribution >= 0.6 is 0 Å². The average molecular weight is 206 g/mol. The van der Waals surface area contributed by atoms with Crippen LogP contribution in [0.1, 0.15) is 45.4 Å². The number of hydrogen-bond acceptors (Lipinski definition) is 3. The van der Waals surface area contributed by atoms with E-state index >= 15 is 0 Å². The number of carbonyl (C=O) groups excluding carboxylic acids is 1. The molecule has 0 N–H and O–H groups in total. The van der Waals surface area contributed by atoms with Crippen molar-refractivity contribution in [3.05, 3.63) is 0 Å². The first-order valence-electron chi connectivity index (χ1n) is 4.71. The smallest absolute Gasteiger partial charge is 0.246 e. The lowest BCUT2D eigenvalue weighted by Gasteiger charge is -1.98. The van der Waals surface area contributed by atoms with Crippen LogP contribution in [-0.2, 0) is 14.6 Å². The zero-order valence-corrected chi connectivity index (χ0v) is 9.19.